The topological polar surface area (TPSA) is 69.6 Å². The summed E-state index contributed by atoms with van der Waals surface area (Å²) in [4.78, 5) is 25.5. The smallest absolute Gasteiger partial charge is 0.322 e. The first kappa shape index (κ1) is 13.9. The number of nitrogens with one attached hydrogen (secondary N) is 1. The van der Waals surface area contributed by atoms with E-state index >= 15 is 0 Å². The van der Waals surface area contributed by atoms with Crippen LogP contribution in [0.25, 0.3) is 0 Å². The molecule has 112 valence electrons. The van der Waals surface area contributed by atoms with Crippen molar-refractivity contribution in [1.29, 1.82) is 0 Å². The zero-order chi connectivity index (χ0) is 15.1. The van der Waals surface area contributed by atoms with Gasteiger partial charge < -0.3 is 15.3 Å². The molecule has 0 aromatic heterocycles. The molecule has 2 amide bonds. The van der Waals surface area contributed by atoms with Crippen LogP contribution >= 0.6 is 0 Å². The van der Waals surface area contributed by atoms with E-state index in [-0.39, 0.29) is 18.1 Å². The first-order valence-corrected chi connectivity index (χ1v) is 7.36. The molecule has 2 heterocycles. The Kier molecular flexibility index (Phi) is 3.35. The third-order valence-corrected chi connectivity index (χ3v) is 4.56. The fourth-order valence-electron chi connectivity index (χ4n) is 3.81. The summed E-state index contributed by atoms with van der Waals surface area (Å²) in [6.07, 6.45) is 2.29. The molecule has 3 unspecified atom stereocenters. The Morgan fingerprint density at radius 1 is 1.19 bits per heavy atom. The van der Waals surface area contributed by atoms with Crippen LogP contribution in [0, 0.1) is 19.8 Å². The molecule has 3 atom stereocenters. The lowest BCUT2D eigenvalue weighted by Gasteiger charge is -2.23. The second kappa shape index (κ2) is 5.06. The van der Waals surface area contributed by atoms with Crippen molar-refractivity contribution < 1.29 is 14.7 Å². The van der Waals surface area contributed by atoms with Gasteiger partial charge in [-0.15, -0.1) is 0 Å². The number of rotatable bonds is 2. The zero-order valence-electron chi connectivity index (χ0n) is 12.3. The summed E-state index contributed by atoms with van der Waals surface area (Å²) < 4.78 is 0. The van der Waals surface area contributed by atoms with Gasteiger partial charge in [-0.25, -0.2) is 4.79 Å². The standard InChI is InChI=1S/C16H20N2O3/c1-9-5-10(2)7-11(6-9)17-16(21)18-12-3-4-14(18)13(8-12)15(19)20/h5-7,12-14H,3-4,8H2,1-2H3,(H,17,21)(H,19,20). The second-order valence-electron chi connectivity index (χ2n) is 6.19. The van der Waals surface area contributed by atoms with Crippen molar-refractivity contribution >= 4 is 17.7 Å². The number of nitrogens with zero attached hydrogens (tertiary/aromatic N) is 1. The van der Waals surface area contributed by atoms with Crippen molar-refractivity contribution in [2.45, 2.75) is 45.2 Å². The maximum absolute atomic E-state index is 12.5. The van der Waals surface area contributed by atoms with E-state index in [4.69, 9.17) is 0 Å². The van der Waals surface area contributed by atoms with E-state index in [0.29, 0.717) is 6.42 Å². The van der Waals surface area contributed by atoms with Gasteiger partial charge >= 0.3 is 12.0 Å². The fourth-order valence-corrected chi connectivity index (χ4v) is 3.81. The number of anilines is 1. The molecule has 3 rings (SSSR count). The van der Waals surface area contributed by atoms with Gasteiger partial charge in [-0.05, 0) is 56.4 Å². The summed E-state index contributed by atoms with van der Waals surface area (Å²) in [5.74, 6) is -1.19. The molecule has 0 saturated carbocycles. The van der Waals surface area contributed by atoms with Crippen LogP contribution in [0.2, 0.25) is 0 Å². The van der Waals surface area contributed by atoms with Crippen LogP contribution in [-0.4, -0.2) is 34.1 Å². The number of carbonyl (C=O) groups is 2. The molecule has 2 saturated heterocycles. The van der Waals surface area contributed by atoms with Crippen LogP contribution in [0.1, 0.15) is 30.4 Å². The Balaban J connectivity index is 1.76. The number of carboxylic acid groups (broad SMARTS) is 1. The van der Waals surface area contributed by atoms with Gasteiger partial charge in [-0.3, -0.25) is 4.79 Å². The SMILES string of the molecule is Cc1cc(C)cc(NC(=O)N2C3CCC2C(C(=O)O)C3)c1. The molecule has 2 aliphatic heterocycles. The monoisotopic (exact) mass is 288 g/mol. The van der Waals surface area contributed by atoms with Gasteiger partial charge in [-0.2, -0.15) is 0 Å². The molecule has 5 heteroatoms. The number of carboxylic acids is 1. The van der Waals surface area contributed by atoms with Crippen LogP contribution in [0.3, 0.4) is 0 Å². The highest BCUT2D eigenvalue weighted by molar-refractivity contribution is 5.91. The van der Waals surface area contributed by atoms with Crippen molar-refractivity contribution in [3.8, 4) is 0 Å². The van der Waals surface area contributed by atoms with Gasteiger partial charge in [0.05, 0.1) is 5.92 Å². The quantitative estimate of drug-likeness (QED) is 0.879. The average molecular weight is 288 g/mol. The minimum Gasteiger partial charge on any atom is -0.481 e. The molecular weight excluding hydrogens is 268 g/mol. The molecule has 0 aliphatic carbocycles. The predicted molar refractivity (Wildman–Crippen MR) is 79.3 cm³/mol. The molecule has 2 bridgehead atoms. The first-order chi connectivity index (χ1) is 9.95. The molecule has 0 spiro atoms. The number of aryl methyl sites for hydroxylation is 2. The largest absolute Gasteiger partial charge is 0.481 e. The van der Waals surface area contributed by atoms with Crippen molar-refractivity contribution in [3.63, 3.8) is 0 Å². The van der Waals surface area contributed by atoms with Crippen LogP contribution in [-0.2, 0) is 4.79 Å². The van der Waals surface area contributed by atoms with Gasteiger partial charge in [0.1, 0.15) is 0 Å². The highest BCUT2D eigenvalue weighted by Gasteiger charge is 2.51. The molecule has 21 heavy (non-hydrogen) atoms. The van der Waals surface area contributed by atoms with Gasteiger partial charge in [0.2, 0.25) is 0 Å². The molecule has 2 N–H and O–H groups in total. The number of carbonyl (C=O) groups excluding carboxylic acids is 1. The number of aliphatic carboxylic acids is 1. The van der Waals surface area contributed by atoms with Gasteiger partial charge in [0.25, 0.3) is 0 Å². The van der Waals surface area contributed by atoms with Gasteiger partial charge in [-0.1, -0.05) is 6.07 Å². The van der Waals surface area contributed by atoms with E-state index in [0.717, 1.165) is 29.7 Å². The lowest BCUT2D eigenvalue weighted by Crippen LogP contribution is -2.40. The van der Waals surface area contributed by atoms with E-state index in [1.54, 1.807) is 4.90 Å². The maximum Gasteiger partial charge on any atom is 0.322 e. The average Bonchev–Trinajstić information content (AvgIpc) is 2.94. The van der Waals surface area contributed by atoms with Crippen molar-refractivity contribution in [3.05, 3.63) is 29.3 Å². The van der Waals surface area contributed by atoms with Gasteiger partial charge in [0, 0.05) is 17.8 Å². The number of hydrogen-bond donors (Lipinski definition) is 2. The van der Waals surface area contributed by atoms with Crippen LogP contribution in [0.4, 0.5) is 10.5 Å². The maximum atomic E-state index is 12.5. The van der Waals surface area contributed by atoms with E-state index in [1.807, 2.05) is 26.0 Å². The van der Waals surface area contributed by atoms with Gasteiger partial charge in [0.15, 0.2) is 0 Å². The molecule has 1 aromatic carbocycles. The highest BCUT2D eigenvalue weighted by atomic mass is 16.4. The normalized spacial score (nSPS) is 27.0. The first-order valence-electron chi connectivity index (χ1n) is 7.36. The molecule has 0 radical (unpaired) electrons. The Morgan fingerprint density at radius 2 is 1.86 bits per heavy atom. The molecule has 5 nitrogen and oxygen atoms in total. The Labute approximate surface area is 123 Å². The summed E-state index contributed by atoms with van der Waals surface area (Å²) >= 11 is 0. The predicted octanol–water partition coefficient (Wildman–Crippen LogP) is 2.77. The molecule has 1 aromatic rings. The Bertz CT molecular complexity index is 579. The number of hydrogen-bond acceptors (Lipinski definition) is 2. The van der Waals surface area contributed by atoms with Crippen LogP contribution in [0.15, 0.2) is 18.2 Å². The highest BCUT2D eigenvalue weighted by Crippen LogP contribution is 2.42. The fraction of sp³-hybridized carbons (Fsp3) is 0.500. The molecular formula is C16H20N2O3. The minimum absolute atomic E-state index is 0.0713. The number of urea groups is 1. The lowest BCUT2D eigenvalue weighted by atomic mass is 9.89. The summed E-state index contributed by atoms with van der Waals surface area (Å²) in [5.41, 5.74) is 2.96. The van der Waals surface area contributed by atoms with E-state index in [9.17, 15) is 14.7 Å². The number of fused-ring (bicyclic) bond motifs is 2. The van der Waals surface area contributed by atoms with Crippen LogP contribution in [0.5, 0.6) is 0 Å². The summed E-state index contributed by atoms with van der Waals surface area (Å²) in [7, 11) is 0. The van der Waals surface area contributed by atoms with E-state index < -0.39 is 11.9 Å². The van der Waals surface area contributed by atoms with Crippen molar-refractivity contribution in [1.82, 2.24) is 4.90 Å². The summed E-state index contributed by atoms with van der Waals surface area (Å²) in [6.45, 7) is 3.98. The third kappa shape index (κ3) is 2.48. The summed E-state index contributed by atoms with van der Waals surface area (Å²) in [5, 5.41) is 12.2. The van der Waals surface area contributed by atoms with E-state index in [2.05, 4.69) is 11.4 Å². The van der Waals surface area contributed by atoms with Crippen molar-refractivity contribution in [2.75, 3.05) is 5.32 Å². The Hall–Kier alpha value is -2.04. The van der Waals surface area contributed by atoms with Crippen molar-refractivity contribution in [2.24, 2.45) is 5.92 Å². The Morgan fingerprint density at radius 3 is 2.43 bits per heavy atom. The number of amides is 2. The minimum atomic E-state index is -0.786. The third-order valence-electron chi connectivity index (χ3n) is 4.56. The van der Waals surface area contributed by atoms with E-state index in [1.165, 1.54) is 0 Å². The second-order valence-corrected chi connectivity index (χ2v) is 6.19. The summed E-state index contributed by atoms with van der Waals surface area (Å²) in [6, 6.07) is 5.65. The van der Waals surface area contributed by atoms with Crippen LogP contribution < -0.4 is 5.32 Å². The molecule has 2 fully saturated rings. The molecule has 2 aliphatic rings. The lowest BCUT2D eigenvalue weighted by molar-refractivity contribution is -0.142. The number of benzene rings is 1. The zero-order valence-corrected chi connectivity index (χ0v) is 12.3.